The van der Waals surface area contributed by atoms with Crippen molar-refractivity contribution < 1.29 is 4.79 Å². The summed E-state index contributed by atoms with van der Waals surface area (Å²) in [6.07, 6.45) is 1.60. The second-order valence-corrected chi connectivity index (χ2v) is 3.55. The molecule has 1 heterocycles. The number of nitrogens with one attached hydrogen (secondary N) is 2. The minimum absolute atomic E-state index is 0.0400. The van der Waals surface area contributed by atoms with Crippen LogP contribution < -0.4 is 16.4 Å². The molecule has 0 aromatic carbocycles. The number of hydrogen-bond acceptors (Lipinski definition) is 4. The van der Waals surface area contributed by atoms with E-state index in [0.717, 1.165) is 5.69 Å². The summed E-state index contributed by atoms with van der Waals surface area (Å²) in [7, 11) is 0. The van der Waals surface area contributed by atoms with Gasteiger partial charge in [-0.05, 0) is 26.0 Å². The number of nitrogen functional groups attached to an aromatic ring is 1. The minimum Gasteiger partial charge on any atom is -0.384 e. The summed E-state index contributed by atoms with van der Waals surface area (Å²) in [5, 5.41) is 5.72. The number of hydrogen-bond donors (Lipinski definition) is 3. The third kappa shape index (κ3) is 4.30. The first kappa shape index (κ1) is 11.3. The molecule has 0 saturated carbocycles. The van der Waals surface area contributed by atoms with Gasteiger partial charge in [-0.15, -0.1) is 0 Å². The molecule has 15 heavy (non-hydrogen) atoms. The number of nitrogens with two attached hydrogens (primary N) is 1. The summed E-state index contributed by atoms with van der Waals surface area (Å²) in [5.74, 6) is 0.425. The van der Waals surface area contributed by atoms with Crippen molar-refractivity contribution in [1.29, 1.82) is 0 Å². The molecule has 0 fully saturated rings. The molecule has 0 aliphatic carbocycles. The molecule has 0 radical (unpaired) electrons. The van der Waals surface area contributed by atoms with Crippen LogP contribution in [0.1, 0.15) is 13.8 Å². The molecule has 0 atom stereocenters. The van der Waals surface area contributed by atoms with Crippen molar-refractivity contribution in [2.75, 3.05) is 17.6 Å². The maximum absolute atomic E-state index is 11.3. The fourth-order valence-corrected chi connectivity index (χ4v) is 1.07. The SMILES string of the molecule is CC(C)NC(=O)CNc1ccc(N)nc1. The third-order valence-corrected chi connectivity index (χ3v) is 1.69. The van der Waals surface area contributed by atoms with E-state index in [1.165, 1.54) is 0 Å². The Bertz CT molecular complexity index is 321. The first-order chi connectivity index (χ1) is 7.08. The predicted octanol–water partition coefficient (Wildman–Crippen LogP) is 0.600. The Balaban J connectivity index is 2.37. The number of pyridine rings is 1. The number of amides is 1. The van der Waals surface area contributed by atoms with Gasteiger partial charge in [-0.3, -0.25) is 4.79 Å². The van der Waals surface area contributed by atoms with Gasteiger partial charge in [-0.1, -0.05) is 0 Å². The normalized spacial score (nSPS) is 10.1. The summed E-state index contributed by atoms with van der Waals surface area (Å²) in [5.41, 5.74) is 6.21. The zero-order chi connectivity index (χ0) is 11.3. The molecule has 4 N–H and O–H groups in total. The molecule has 82 valence electrons. The van der Waals surface area contributed by atoms with Crippen molar-refractivity contribution in [3.63, 3.8) is 0 Å². The second-order valence-electron chi connectivity index (χ2n) is 3.55. The van der Waals surface area contributed by atoms with Gasteiger partial charge < -0.3 is 16.4 Å². The highest BCUT2D eigenvalue weighted by Gasteiger charge is 2.02. The molecule has 1 aromatic heterocycles. The number of anilines is 2. The molecule has 0 aliphatic heterocycles. The van der Waals surface area contributed by atoms with Gasteiger partial charge in [0.15, 0.2) is 0 Å². The highest BCUT2D eigenvalue weighted by atomic mass is 16.1. The lowest BCUT2D eigenvalue weighted by molar-refractivity contribution is -0.119. The summed E-state index contributed by atoms with van der Waals surface area (Å²) in [4.78, 5) is 15.2. The molecule has 0 aliphatic rings. The Morgan fingerprint density at radius 3 is 2.80 bits per heavy atom. The van der Waals surface area contributed by atoms with Crippen molar-refractivity contribution in [2.45, 2.75) is 19.9 Å². The van der Waals surface area contributed by atoms with Gasteiger partial charge in [0.1, 0.15) is 5.82 Å². The van der Waals surface area contributed by atoms with Crippen LogP contribution >= 0.6 is 0 Å². The largest absolute Gasteiger partial charge is 0.384 e. The van der Waals surface area contributed by atoms with Crippen molar-refractivity contribution in [2.24, 2.45) is 0 Å². The standard InChI is InChI=1S/C10H16N4O/c1-7(2)14-10(15)6-12-8-3-4-9(11)13-5-8/h3-5,7,12H,6H2,1-2H3,(H2,11,13)(H,14,15). The maximum atomic E-state index is 11.3. The molecule has 5 nitrogen and oxygen atoms in total. The number of carbonyl (C=O) groups is 1. The van der Waals surface area contributed by atoms with E-state index in [2.05, 4.69) is 15.6 Å². The van der Waals surface area contributed by atoms with E-state index in [1.54, 1.807) is 18.3 Å². The Hall–Kier alpha value is -1.78. The second kappa shape index (κ2) is 5.19. The van der Waals surface area contributed by atoms with E-state index in [9.17, 15) is 4.79 Å². The molecule has 0 unspecified atom stereocenters. The third-order valence-electron chi connectivity index (χ3n) is 1.69. The number of nitrogens with zero attached hydrogens (tertiary/aromatic N) is 1. The lowest BCUT2D eigenvalue weighted by Gasteiger charge is -2.09. The van der Waals surface area contributed by atoms with E-state index >= 15 is 0 Å². The number of aromatic nitrogens is 1. The highest BCUT2D eigenvalue weighted by Crippen LogP contribution is 2.05. The van der Waals surface area contributed by atoms with Crippen LogP contribution in [0, 0.1) is 0 Å². The fraction of sp³-hybridized carbons (Fsp3) is 0.400. The maximum Gasteiger partial charge on any atom is 0.239 e. The number of carbonyl (C=O) groups excluding carboxylic acids is 1. The van der Waals surface area contributed by atoms with Crippen molar-refractivity contribution in [1.82, 2.24) is 10.3 Å². The molecule has 0 saturated heterocycles. The Morgan fingerprint density at radius 2 is 2.27 bits per heavy atom. The number of rotatable bonds is 4. The van der Waals surface area contributed by atoms with Crippen LogP contribution in [0.2, 0.25) is 0 Å². The monoisotopic (exact) mass is 208 g/mol. The summed E-state index contributed by atoms with van der Waals surface area (Å²) in [6, 6.07) is 3.62. The molecule has 1 aromatic rings. The molecule has 1 amide bonds. The molecule has 5 heteroatoms. The van der Waals surface area contributed by atoms with Crippen LogP contribution in [0.15, 0.2) is 18.3 Å². The zero-order valence-electron chi connectivity index (χ0n) is 8.95. The lowest BCUT2D eigenvalue weighted by Crippen LogP contribution is -2.34. The van der Waals surface area contributed by atoms with Gasteiger partial charge in [0.25, 0.3) is 0 Å². The van der Waals surface area contributed by atoms with Crippen LogP contribution in [0.5, 0.6) is 0 Å². The van der Waals surface area contributed by atoms with E-state index < -0.39 is 0 Å². The van der Waals surface area contributed by atoms with Gasteiger partial charge in [-0.2, -0.15) is 0 Å². The topological polar surface area (TPSA) is 80.0 Å². The van der Waals surface area contributed by atoms with Crippen LogP contribution in [0.25, 0.3) is 0 Å². The van der Waals surface area contributed by atoms with E-state index in [4.69, 9.17) is 5.73 Å². The summed E-state index contributed by atoms with van der Waals surface area (Å²) in [6.45, 7) is 4.08. The summed E-state index contributed by atoms with van der Waals surface area (Å²) < 4.78 is 0. The van der Waals surface area contributed by atoms with Crippen molar-refractivity contribution in [3.8, 4) is 0 Å². The van der Waals surface area contributed by atoms with E-state index in [1.807, 2.05) is 13.8 Å². The first-order valence-electron chi connectivity index (χ1n) is 4.82. The Kier molecular flexibility index (Phi) is 3.91. The highest BCUT2D eigenvalue weighted by molar-refractivity contribution is 5.80. The molecular formula is C10H16N4O. The van der Waals surface area contributed by atoms with Crippen molar-refractivity contribution >= 4 is 17.4 Å². The van der Waals surface area contributed by atoms with Gasteiger partial charge in [0.2, 0.25) is 5.91 Å². The minimum atomic E-state index is -0.0400. The molecule has 0 bridgehead atoms. The van der Waals surface area contributed by atoms with Crippen LogP contribution in [0.3, 0.4) is 0 Å². The van der Waals surface area contributed by atoms with Crippen molar-refractivity contribution in [3.05, 3.63) is 18.3 Å². The Morgan fingerprint density at radius 1 is 1.53 bits per heavy atom. The Labute approximate surface area is 89.1 Å². The van der Waals surface area contributed by atoms with Crippen LogP contribution in [-0.2, 0) is 4.79 Å². The van der Waals surface area contributed by atoms with Gasteiger partial charge in [-0.25, -0.2) is 4.98 Å². The van der Waals surface area contributed by atoms with Gasteiger partial charge in [0, 0.05) is 6.04 Å². The quantitative estimate of drug-likeness (QED) is 0.677. The smallest absolute Gasteiger partial charge is 0.239 e. The zero-order valence-corrected chi connectivity index (χ0v) is 8.95. The molecule has 1 rings (SSSR count). The lowest BCUT2D eigenvalue weighted by atomic mass is 10.3. The predicted molar refractivity (Wildman–Crippen MR) is 60.4 cm³/mol. The fourth-order valence-electron chi connectivity index (χ4n) is 1.07. The summed E-state index contributed by atoms with van der Waals surface area (Å²) >= 11 is 0. The van der Waals surface area contributed by atoms with Crippen LogP contribution in [-0.4, -0.2) is 23.5 Å². The van der Waals surface area contributed by atoms with Gasteiger partial charge in [0.05, 0.1) is 18.4 Å². The average molecular weight is 208 g/mol. The van der Waals surface area contributed by atoms with Gasteiger partial charge >= 0.3 is 0 Å². The first-order valence-corrected chi connectivity index (χ1v) is 4.82. The molecular weight excluding hydrogens is 192 g/mol. The van der Waals surface area contributed by atoms with Crippen LogP contribution in [0.4, 0.5) is 11.5 Å². The average Bonchev–Trinajstić information content (AvgIpc) is 2.16. The molecule has 0 spiro atoms. The van der Waals surface area contributed by atoms with E-state index in [-0.39, 0.29) is 18.5 Å². The van der Waals surface area contributed by atoms with E-state index in [0.29, 0.717) is 5.82 Å².